The predicted molar refractivity (Wildman–Crippen MR) is 180 cm³/mol. The summed E-state index contributed by atoms with van der Waals surface area (Å²) >= 11 is 0. The van der Waals surface area contributed by atoms with Gasteiger partial charge in [0.05, 0.1) is 12.3 Å². The lowest BCUT2D eigenvalue weighted by Gasteiger charge is -2.50. The zero-order valence-electron chi connectivity index (χ0n) is 28.3. The van der Waals surface area contributed by atoms with Gasteiger partial charge in [-0.1, -0.05) is 31.2 Å². The van der Waals surface area contributed by atoms with Crippen LogP contribution in [0.5, 0.6) is 11.5 Å². The van der Waals surface area contributed by atoms with E-state index in [4.69, 9.17) is 9.26 Å². The number of Topliss-reactive ketones (excluding diaryl/α,β-unsaturated/α-hetero) is 1. The molecule has 1 saturated heterocycles. The predicted octanol–water partition coefficient (Wildman–Crippen LogP) is 4.63. The number of amides is 1. The highest BCUT2D eigenvalue weighted by Gasteiger charge is 2.52. The molecule has 12 nitrogen and oxygen atoms in total. The minimum absolute atomic E-state index is 0.0138. The molecule has 3 N–H and O–H groups in total. The molecule has 4 atom stereocenters. The summed E-state index contributed by atoms with van der Waals surface area (Å²) < 4.78 is 54.4. The number of nitrogens with zero attached hydrogens (tertiary/aromatic N) is 2. The second-order valence-electron chi connectivity index (χ2n) is 13.2. The van der Waals surface area contributed by atoms with Gasteiger partial charge in [-0.25, -0.2) is 13.9 Å². The van der Waals surface area contributed by atoms with Gasteiger partial charge >= 0.3 is 13.5 Å². The average molecular weight is 715 g/mol. The molecule has 268 valence electrons. The number of halogens is 2. The molecule has 15 heteroatoms. The number of hydrogen-bond acceptors (Lipinski definition) is 9. The largest absolute Gasteiger partial charge is 0.503 e. The number of ketones is 1. The first-order valence-electron chi connectivity index (χ1n) is 16.4. The molecule has 1 aromatic heterocycles. The molecule has 2 aromatic carbocycles. The number of likely N-dealkylation sites (tertiary alicyclic amines) is 1. The van der Waals surface area contributed by atoms with Crippen LogP contribution in [0.4, 0.5) is 8.78 Å². The van der Waals surface area contributed by atoms with Crippen LogP contribution in [0, 0.1) is 17.0 Å². The first-order valence-corrected chi connectivity index (χ1v) is 18.2. The smallest absolute Gasteiger partial charge is 0.323 e. The van der Waals surface area contributed by atoms with Gasteiger partial charge in [-0.2, -0.15) is 0 Å². The van der Waals surface area contributed by atoms with Crippen molar-refractivity contribution in [2.24, 2.45) is 5.41 Å². The first-order chi connectivity index (χ1) is 23.6. The first kappa shape index (κ1) is 36.9. The van der Waals surface area contributed by atoms with E-state index in [0.717, 1.165) is 12.1 Å². The number of ether oxygens (including phenoxy) is 1. The second kappa shape index (κ2) is 14.8. The van der Waals surface area contributed by atoms with Crippen LogP contribution >= 0.6 is 7.52 Å². The monoisotopic (exact) mass is 714 g/mol. The van der Waals surface area contributed by atoms with Gasteiger partial charge in [-0.3, -0.25) is 28.6 Å². The number of carbonyl (C=O) groups excluding carboxylic acids is 3. The van der Waals surface area contributed by atoms with Crippen LogP contribution in [0.15, 0.2) is 59.5 Å². The lowest BCUT2D eigenvalue weighted by molar-refractivity contribution is -0.149. The van der Waals surface area contributed by atoms with Gasteiger partial charge in [0.1, 0.15) is 34.7 Å². The quantitative estimate of drug-likeness (QED) is 0.179. The number of piperidine rings is 1. The zero-order chi connectivity index (χ0) is 36.4. The third kappa shape index (κ3) is 7.82. The molecule has 0 aliphatic carbocycles. The molecule has 3 aromatic rings. The Labute approximate surface area is 288 Å². The Hall–Kier alpha value is -4.39. The van der Waals surface area contributed by atoms with Crippen molar-refractivity contribution < 1.29 is 42.1 Å². The van der Waals surface area contributed by atoms with E-state index in [1.807, 2.05) is 4.90 Å². The molecule has 5 rings (SSSR count). The van der Waals surface area contributed by atoms with Crippen LogP contribution < -0.4 is 20.4 Å². The van der Waals surface area contributed by atoms with Crippen LogP contribution in [0.25, 0.3) is 0 Å². The molecule has 0 saturated carbocycles. The van der Waals surface area contributed by atoms with Crippen molar-refractivity contribution in [2.45, 2.75) is 71.8 Å². The van der Waals surface area contributed by atoms with E-state index in [-0.39, 0.29) is 43.2 Å². The minimum Gasteiger partial charge on any atom is -0.503 e. The molecular weight excluding hydrogens is 673 g/mol. The second-order valence-corrected chi connectivity index (χ2v) is 15.4. The highest BCUT2D eigenvalue weighted by Crippen LogP contribution is 2.47. The third-order valence-corrected chi connectivity index (χ3v) is 11.2. The summed E-state index contributed by atoms with van der Waals surface area (Å²) in [5.74, 6) is -4.16. The van der Waals surface area contributed by atoms with Crippen molar-refractivity contribution in [3.8, 4) is 11.5 Å². The van der Waals surface area contributed by atoms with Crippen molar-refractivity contribution in [1.82, 2.24) is 19.9 Å². The molecular formula is C35H41F2N4O8P. The van der Waals surface area contributed by atoms with Crippen molar-refractivity contribution in [2.75, 3.05) is 19.3 Å². The molecule has 2 aliphatic rings. The summed E-state index contributed by atoms with van der Waals surface area (Å²) in [5, 5.41) is 16.2. The molecule has 0 radical (unpaired) electrons. The van der Waals surface area contributed by atoms with Gasteiger partial charge in [0, 0.05) is 48.9 Å². The number of aromatic hydroxyl groups is 1. The van der Waals surface area contributed by atoms with E-state index in [9.17, 15) is 37.6 Å². The fraction of sp³-hybridized carbons (Fsp3) is 0.429. The Kier molecular flexibility index (Phi) is 10.9. The number of hydrogen-bond donors (Lipinski definition) is 3. The van der Waals surface area contributed by atoms with E-state index in [0.29, 0.717) is 31.2 Å². The number of benzene rings is 2. The summed E-state index contributed by atoms with van der Waals surface area (Å²) in [5.41, 5.74) is -2.77. The lowest BCUT2D eigenvalue weighted by Crippen LogP contribution is -2.60. The number of para-hydroxylation sites is 1. The molecule has 50 heavy (non-hydrogen) atoms. The van der Waals surface area contributed by atoms with E-state index in [1.54, 1.807) is 51.1 Å². The van der Waals surface area contributed by atoms with Crippen LogP contribution in [-0.2, 0) is 27.2 Å². The van der Waals surface area contributed by atoms with E-state index < -0.39 is 71.1 Å². The molecule has 1 fully saturated rings. The number of pyridine rings is 1. The molecule has 0 bridgehead atoms. The summed E-state index contributed by atoms with van der Waals surface area (Å²) in [6, 6.07) is 9.97. The van der Waals surface area contributed by atoms with Gasteiger partial charge in [0.15, 0.2) is 11.5 Å². The average Bonchev–Trinajstić information content (AvgIpc) is 3.05. The minimum atomic E-state index is -3.75. The maximum absolute atomic E-state index is 14.3. The van der Waals surface area contributed by atoms with Gasteiger partial charge in [-0.15, -0.1) is 0 Å². The SMILES string of the molecule is CC(C)OC(=O)[C@@H](C)NP(=O)(CCN1CCC[C@]2(C)C(=O)c3c(O)c(=O)c(C(=O)NCc4ccc(F)cc4F)cn3C[C@H]12)Oc1ccccc1. The van der Waals surface area contributed by atoms with Gasteiger partial charge in [0.2, 0.25) is 5.43 Å². The normalized spacial score (nSPS) is 20.7. The standard InChI is InChI=1S/C35H41F2N4O8P/c1-21(2)48-34(46)22(3)39-50(47,49-25-9-6-5-7-10-25)16-15-40-14-8-13-35(4)28(40)20-41-19-26(30(42)31(43)29(41)32(35)44)33(45)38-18-23-11-12-24(36)17-27(23)37/h5-7,9-12,17,19,21-22,28,43H,8,13-16,18,20H2,1-4H3,(H,38,45)(H,39,47)/t22-,28+,35+,50?/m1/s1. The van der Waals surface area contributed by atoms with Crippen molar-refractivity contribution in [3.63, 3.8) is 0 Å². The van der Waals surface area contributed by atoms with Crippen molar-refractivity contribution in [1.29, 1.82) is 0 Å². The maximum atomic E-state index is 14.3. The summed E-state index contributed by atoms with van der Waals surface area (Å²) in [7, 11) is -3.75. The fourth-order valence-electron chi connectivity index (χ4n) is 6.54. The van der Waals surface area contributed by atoms with Crippen LogP contribution in [0.3, 0.4) is 0 Å². The highest BCUT2D eigenvalue weighted by molar-refractivity contribution is 7.57. The van der Waals surface area contributed by atoms with Gasteiger partial charge in [-0.05, 0) is 58.4 Å². The van der Waals surface area contributed by atoms with Crippen LogP contribution in [-0.4, -0.2) is 69.7 Å². The summed E-state index contributed by atoms with van der Waals surface area (Å²) in [4.78, 5) is 54.9. The molecule has 3 heterocycles. The van der Waals surface area contributed by atoms with Gasteiger partial charge < -0.3 is 24.3 Å². The summed E-state index contributed by atoms with van der Waals surface area (Å²) in [6.07, 6.45) is 1.83. The third-order valence-electron chi connectivity index (χ3n) is 9.15. The van der Waals surface area contributed by atoms with Crippen LogP contribution in [0.2, 0.25) is 0 Å². The van der Waals surface area contributed by atoms with Crippen molar-refractivity contribution >= 4 is 25.2 Å². The van der Waals surface area contributed by atoms with Crippen LogP contribution in [0.1, 0.15) is 66.9 Å². The molecule has 1 amide bonds. The Morgan fingerprint density at radius 1 is 1.12 bits per heavy atom. The molecule has 2 aliphatic heterocycles. The number of nitrogens with one attached hydrogen (secondary N) is 2. The summed E-state index contributed by atoms with van der Waals surface area (Å²) in [6.45, 7) is 7.19. The maximum Gasteiger partial charge on any atom is 0.323 e. The Morgan fingerprint density at radius 3 is 2.52 bits per heavy atom. The number of carbonyl (C=O) groups is 3. The van der Waals surface area contributed by atoms with E-state index in [2.05, 4.69) is 10.4 Å². The number of aromatic nitrogens is 1. The molecule has 0 spiro atoms. The number of fused-ring (bicyclic) bond motifs is 2. The van der Waals surface area contributed by atoms with E-state index in [1.165, 1.54) is 17.7 Å². The number of rotatable bonds is 12. The van der Waals surface area contributed by atoms with E-state index >= 15 is 0 Å². The van der Waals surface area contributed by atoms with Crippen molar-refractivity contribution in [3.05, 3.63) is 93.4 Å². The zero-order valence-corrected chi connectivity index (χ0v) is 29.2. The molecule has 1 unspecified atom stereocenters. The fourth-order valence-corrected chi connectivity index (χ4v) is 8.49. The topological polar surface area (TPSA) is 156 Å². The van der Waals surface area contributed by atoms with Gasteiger partial charge in [0.25, 0.3) is 5.91 Å². The Morgan fingerprint density at radius 2 is 1.84 bits per heavy atom. The Balaban J connectivity index is 1.39. The lowest BCUT2D eigenvalue weighted by atomic mass is 9.68. The number of esters is 1. The Bertz CT molecular complexity index is 1890. The highest BCUT2D eigenvalue weighted by atomic mass is 31.2.